The molecule has 4 nitrogen and oxygen atoms in total. The molecule has 0 aliphatic carbocycles. The van der Waals surface area contributed by atoms with Gasteiger partial charge in [0.05, 0.1) is 6.54 Å². The monoisotopic (exact) mass is 277 g/mol. The van der Waals surface area contributed by atoms with Crippen molar-refractivity contribution in [3.63, 3.8) is 0 Å². The summed E-state index contributed by atoms with van der Waals surface area (Å²) in [5.41, 5.74) is 1.06. The molecule has 0 spiro atoms. The summed E-state index contributed by atoms with van der Waals surface area (Å²) in [5, 5.41) is 3.94. The summed E-state index contributed by atoms with van der Waals surface area (Å²) in [4.78, 5) is 6.44. The van der Waals surface area contributed by atoms with Crippen LogP contribution in [0.15, 0.2) is 28.8 Å². The fraction of sp³-hybridized carbons (Fsp3) is 0.467. The summed E-state index contributed by atoms with van der Waals surface area (Å²) in [6, 6.07) is 6.70. The van der Waals surface area contributed by atoms with Crippen LogP contribution >= 0.6 is 0 Å². The second-order valence-electron chi connectivity index (χ2n) is 5.00. The van der Waals surface area contributed by atoms with E-state index in [1.165, 1.54) is 12.1 Å². The highest BCUT2D eigenvalue weighted by molar-refractivity contribution is 5.19. The topological polar surface area (TPSA) is 42.2 Å². The van der Waals surface area contributed by atoms with E-state index in [4.69, 9.17) is 4.52 Å². The van der Waals surface area contributed by atoms with E-state index < -0.39 is 0 Å². The summed E-state index contributed by atoms with van der Waals surface area (Å²) in [5.74, 6) is 1.15. The minimum atomic E-state index is -0.218. The van der Waals surface area contributed by atoms with Crippen molar-refractivity contribution in [2.75, 3.05) is 7.05 Å². The molecule has 0 aliphatic heterocycles. The van der Waals surface area contributed by atoms with Crippen LogP contribution in [0.3, 0.4) is 0 Å². The molecule has 20 heavy (non-hydrogen) atoms. The minimum absolute atomic E-state index is 0.150. The van der Waals surface area contributed by atoms with Crippen molar-refractivity contribution >= 4 is 0 Å². The predicted octanol–water partition coefficient (Wildman–Crippen LogP) is 3.35. The van der Waals surface area contributed by atoms with Gasteiger partial charge in [-0.3, -0.25) is 4.90 Å². The third-order valence-electron chi connectivity index (χ3n) is 3.38. The molecular weight excluding hydrogens is 257 g/mol. The molecule has 1 aromatic heterocycles. The molecule has 0 N–H and O–H groups in total. The van der Waals surface area contributed by atoms with E-state index in [9.17, 15) is 4.39 Å². The van der Waals surface area contributed by atoms with E-state index >= 15 is 0 Å². The summed E-state index contributed by atoms with van der Waals surface area (Å²) < 4.78 is 18.2. The lowest BCUT2D eigenvalue weighted by atomic mass is 10.1. The maximum atomic E-state index is 12.9. The van der Waals surface area contributed by atoms with Crippen molar-refractivity contribution in [3.8, 4) is 0 Å². The zero-order valence-electron chi connectivity index (χ0n) is 12.1. The Hall–Kier alpha value is -1.75. The molecule has 1 unspecified atom stereocenters. The molecule has 1 heterocycles. The number of hydrogen-bond donors (Lipinski definition) is 0. The quantitative estimate of drug-likeness (QED) is 0.812. The van der Waals surface area contributed by atoms with E-state index in [2.05, 4.69) is 28.9 Å². The number of nitrogens with zero attached hydrogens (tertiary/aromatic N) is 3. The lowest BCUT2D eigenvalue weighted by molar-refractivity contribution is 0.216. The first-order valence-electron chi connectivity index (χ1n) is 6.87. The van der Waals surface area contributed by atoms with Crippen LogP contribution in [-0.2, 0) is 13.0 Å². The molecule has 1 atom stereocenters. The zero-order chi connectivity index (χ0) is 14.5. The van der Waals surface area contributed by atoms with Crippen LogP contribution < -0.4 is 0 Å². The van der Waals surface area contributed by atoms with Gasteiger partial charge in [0, 0.05) is 12.5 Å². The zero-order valence-corrected chi connectivity index (χ0v) is 12.1. The fourth-order valence-electron chi connectivity index (χ4n) is 2.03. The average Bonchev–Trinajstić information content (AvgIpc) is 2.86. The van der Waals surface area contributed by atoms with Crippen LogP contribution in [0.2, 0.25) is 0 Å². The smallest absolute Gasteiger partial charge is 0.240 e. The van der Waals surface area contributed by atoms with Gasteiger partial charge in [0.15, 0.2) is 5.82 Å². The van der Waals surface area contributed by atoms with Crippen LogP contribution in [0, 0.1) is 5.82 Å². The van der Waals surface area contributed by atoms with E-state index in [1.807, 2.05) is 7.05 Å². The molecule has 0 radical (unpaired) electrons. The Balaban J connectivity index is 1.99. The standard InChI is InChI=1S/C15H20FN3O/c1-4-5-14-17-15(20-18-14)10-19(3)11(2)12-6-8-13(16)9-7-12/h6-9,11H,4-5,10H2,1-3H3. The highest BCUT2D eigenvalue weighted by Crippen LogP contribution is 2.20. The van der Waals surface area contributed by atoms with Crippen molar-refractivity contribution in [3.05, 3.63) is 47.4 Å². The van der Waals surface area contributed by atoms with E-state index in [0.717, 1.165) is 24.2 Å². The lowest BCUT2D eigenvalue weighted by Gasteiger charge is -2.23. The SMILES string of the molecule is CCCc1noc(CN(C)C(C)c2ccc(F)cc2)n1. The van der Waals surface area contributed by atoms with Crippen molar-refractivity contribution in [1.29, 1.82) is 0 Å². The number of halogens is 1. The molecule has 0 amide bonds. The molecule has 5 heteroatoms. The number of benzene rings is 1. The molecular formula is C15H20FN3O. The Morgan fingerprint density at radius 2 is 2.00 bits per heavy atom. The maximum Gasteiger partial charge on any atom is 0.240 e. The second-order valence-corrected chi connectivity index (χ2v) is 5.00. The van der Waals surface area contributed by atoms with Gasteiger partial charge in [0.1, 0.15) is 5.82 Å². The highest BCUT2D eigenvalue weighted by Gasteiger charge is 2.15. The van der Waals surface area contributed by atoms with Gasteiger partial charge >= 0.3 is 0 Å². The third kappa shape index (κ3) is 3.63. The molecule has 0 aliphatic rings. The van der Waals surface area contributed by atoms with Gasteiger partial charge in [0.2, 0.25) is 5.89 Å². The third-order valence-corrected chi connectivity index (χ3v) is 3.38. The number of hydrogen-bond acceptors (Lipinski definition) is 4. The summed E-state index contributed by atoms with van der Waals surface area (Å²) in [7, 11) is 1.98. The Morgan fingerprint density at radius 3 is 2.65 bits per heavy atom. The van der Waals surface area contributed by atoms with Gasteiger partial charge in [0.25, 0.3) is 0 Å². The maximum absolute atomic E-state index is 12.9. The highest BCUT2D eigenvalue weighted by atomic mass is 19.1. The summed E-state index contributed by atoms with van der Waals surface area (Å²) in [6.45, 7) is 4.73. The number of aromatic nitrogens is 2. The van der Waals surface area contributed by atoms with Crippen LogP contribution in [0.4, 0.5) is 4.39 Å². The number of rotatable bonds is 6. The Kier molecular flexibility index (Phi) is 4.84. The molecule has 0 fully saturated rings. The van der Waals surface area contributed by atoms with Crippen LogP contribution in [-0.4, -0.2) is 22.1 Å². The Labute approximate surface area is 118 Å². The summed E-state index contributed by atoms with van der Waals surface area (Å²) >= 11 is 0. The normalized spacial score (nSPS) is 12.8. The second kappa shape index (κ2) is 6.61. The first-order valence-corrected chi connectivity index (χ1v) is 6.87. The van der Waals surface area contributed by atoms with E-state index in [0.29, 0.717) is 12.4 Å². The van der Waals surface area contributed by atoms with Crippen LogP contribution in [0.1, 0.15) is 43.6 Å². The first kappa shape index (κ1) is 14.7. The average molecular weight is 277 g/mol. The van der Waals surface area contributed by atoms with Crippen molar-refractivity contribution in [2.45, 2.75) is 39.3 Å². The number of aryl methyl sites for hydroxylation is 1. The minimum Gasteiger partial charge on any atom is -0.338 e. The molecule has 2 aromatic rings. The van der Waals surface area contributed by atoms with E-state index in [1.54, 1.807) is 12.1 Å². The van der Waals surface area contributed by atoms with Gasteiger partial charge in [-0.25, -0.2) is 4.39 Å². The largest absolute Gasteiger partial charge is 0.338 e. The molecule has 0 saturated heterocycles. The van der Waals surface area contributed by atoms with Crippen molar-refractivity contribution in [2.24, 2.45) is 0 Å². The van der Waals surface area contributed by atoms with Gasteiger partial charge in [-0.15, -0.1) is 0 Å². The van der Waals surface area contributed by atoms with Crippen LogP contribution in [0.5, 0.6) is 0 Å². The lowest BCUT2D eigenvalue weighted by Crippen LogP contribution is -2.22. The first-order chi connectivity index (χ1) is 9.60. The Bertz CT molecular complexity index is 538. The fourth-order valence-corrected chi connectivity index (χ4v) is 2.03. The van der Waals surface area contributed by atoms with Crippen LogP contribution in [0.25, 0.3) is 0 Å². The Morgan fingerprint density at radius 1 is 1.30 bits per heavy atom. The van der Waals surface area contributed by atoms with Gasteiger partial charge in [-0.05, 0) is 38.1 Å². The molecule has 108 valence electrons. The van der Waals surface area contributed by atoms with Gasteiger partial charge < -0.3 is 4.52 Å². The summed E-state index contributed by atoms with van der Waals surface area (Å²) in [6.07, 6.45) is 1.83. The molecule has 2 rings (SSSR count). The molecule has 0 saturated carbocycles. The predicted molar refractivity (Wildman–Crippen MR) is 74.6 cm³/mol. The molecule has 1 aromatic carbocycles. The van der Waals surface area contributed by atoms with Crippen molar-refractivity contribution < 1.29 is 8.91 Å². The van der Waals surface area contributed by atoms with Crippen molar-refractivity contribution in [1.82, 2.24) is 15.0 Å². The van der Waals surface area contributed by atoms with Gasteiger partial charge in [-0.2, -0.15) is 4.98 Å². The van der Waals surface area contributed by atoms with Gasteiger partial charge in [-0.1, -0.05) is 24.2 Å². The van der Waals surface area contributed by atoms with E-state index in [-0.39, 0.29) is 11.9 Å². The molecule has 0 bridgehead atoms.